The molecule has 2 aromatic heterocycles. The van der Waals surface area contributed by atoms with E-state index in [2.05, 4.69) is 4.98 Å². The lowest BCUT2D eigenvalue weighted by molar-refractivity contribution is 0.0785. The Morgan fingerprint density at radius 3 is 2.47 bits per heavy atom. The molecular formula is C29H26ClN3O2S. The number of hydrogen-bond donors (Lipinski definition) is 1. The third-order valence-electron chi connectivity index (χ3n) is 6.15. The topological polar surface area (TPSA) is 68.0 Å². The maximum atomic E-state index is 13.9. The van der Waals surface area contributed by atoms with Crippen molar-refractivity contribution in [1.82, 2.24) is 13.9 Å². The molecule has 1 atom stereocenters. The van der Waals surface area contributed by atoms with Gasteiger partial charge in [0, 0.05) is 23.2 Å². The number of halogens is 1. The second-order valence-corrected chi connectivity index (χ2v) is 11.1. The minimum absolute atomic E-state index is 0.419. The third kappa shape index (κ3) is 4.72. The van der Waals surface area contributed by atoms with Gasteiger partial charge in [0.25, 0.3) is 0 Å². The summed E-state index contributed by atoms with van der Waals surface area (Å²) in [5.41, 5.74) is 4.68. The molecule has 1 unspecified atom stereocenters. The van der Waals surface area contributed by atoms with Crippen LogP contribution in [0.5, 0.6) is 0 Å². The number of aliphatic hydroxyl groups is 1. The van der Waals surface area contributed by atoms with Gasteiger partial charge in [-0.1, -0.05) is 59.6 Å². The molecule has 1 N–H and O–H groups in total. The molecule has 36 heavy (non-hydrogen) atoms. The zero-order valence-corrected chi connectivity index (χ0v) is 21.8. The smallest absolute Gasteiger partial charge is 0.158 e. The normalized spacial score (nSPS) is 12.7. The Labute approximate surface area is 218 Å². The van der Waals surface area contributed by atoms with E-state index in [4.69, 9.17) is 16.6 Å². The Kier molecular flexibility index (Phi) is 6.51. The monoisotopic (exact) mass is 515 g/mol. The largest absolute Gasteiger partial charge is 0.386 e. The number of rotatable bonds is 6. The summed E-state index contributed by atoms with van der Waals surface area (Å²) in [7, 11) is -1.52. The highest BCUT2D eigenvalue weighted by Gasteiger charge is 2.22. The molecule has 0 aliphatic heterocycles. The maximum absolute atomic E-state index is 13.9. The third-order valence-corrected chi connectivity index (χ3v) is 7.93. The molecule has 0 bridgehead atoms. The quantitative estimate of drug-likeness (QED) is 0.282. The molecule has 0 aliphatic rings. The van der Waals surface area contributed by atoms with Crippen LogP contribution in [-0.2, 0) is 23.0 Å². The van der Waals surface area contributed by atoms with Gasteiger partial charge in [-0.2, -0.15) is 0 Å². The summed E-state index contributed by atoms with van der Waals surface area (Å²) < 4.78 is 15.7. The SMILES string of the molecule is Cc1ccc(S(=O)n2c(Cc3ccccc3Cl)nc3c(-c4cc(C(C)(C)O)ccn4)cccc32)cc1. The number of aromatic nitrogens is 3. The number of fused-ring (bicyclic) bond motifs is 1. The molecule has 182 valence electrons. The van der Waals surface area contributed by atoms with Gasteiger partial charge in [0.15, 0.2) is 11.0 Å². The van der Waals surface area contributed by atoms with Crippen LogP contribution in [0.25, 0.3) is 22.3 Å². The van der Waals surface area contributed by atoms with E-state index in [9.17, 15) is 9.32 Å². The molecule has 2 heterocycles. The summed E-state index contributed by atoms with van der Waals surface area (Å²) in [4.78, 5) is 10.2. The Bertz CT molecular complexity index is 1590. The predicted octanol–water partition coefficient (Wildman–Crippen LogP) is 6.45. The highest BCUT2D eigenvalue weighted by Crippen LogP contribution is 2.32. The second kappa shape index (κ2) is 9.62. The molecular weight excluding hydrogens is 490 g/mol. The van der Waals surface area contributed by atoms with Crippen molar-refractivity contribution in [3.8, 4) is 11.3 Å². The molecule has 5 rings (SSSR count). The van der Waals surface area contributed by atoms with Gasteiger partial charge >= 0.3 is 0 Å². The van der Waals surface area contributed by atoms with Crippen molar-refractivity contribution in [3.63, 3.8) is 0 Å². The lowest BCUT2D eigenvalue weighted by atomic mass is 9.97. The fraction of sp³-hybridized carbons (Fsp3) is 0.172. The van der Waals surface area contributed by atoms with Crippen molar-refractivity contribution in [3.05, 3.63) is 113 Å². The van der Waals surface area contributed by atoms with Gasteiger partial charge in [0.1, 0.15) is 5.82 Å². The lowest BCUT2D eigenvalue weighted by Crippen LogP contribution is -2.15. The zero-order chi connectivity index (χ0) is 25.4. The van der Waals surface area contributed by atoms with Gasteiger partial charge in [-0.25, -0.2) is 13.2 Å². The van der Waals surface area contributed by atoms with E-state index in [1.165, 1.54) is 0 Å². The van der Waals surface area contributed by atoms with Crippen LogP contribution in [0.4, 0.5) is 0 Å². The van der Waals surface area contributed by atoms with Gasteiger partial charge < -0.3 is 5.11 Å². The zero-order valence-electron chi connectivity index (χ0n) is 20.3. The molecule has 0 radical (unpaired) electrons. The average molecular weight is 516 g/mol. The van der Waals surface area contributed by atoms with Crippen LogP contribution in [0.15, 0.2) is 90.0 Å². The maximum Gasteiger partial charge on any atom is 0.158 e. The fourth-order valence-corrected chi connectivity index (χ4v) is 5.56. The fourth-order valence-electron chi connectivity index (χ4n) is 4.16. The van der Waals surface area contributed by atoms with Crippen molar-refractivity contribution < 1.29 is 9.32 Å². The first kappa shape index (κ1) is 24.4. The lowest BCUT2D eigenvalue weighted by Gasteiger charge is -2.18. The minimum atomic E-state index is -1.52. The van der Waals surface area contributed by atoms with Crippen molar-refractivity contribution in [2.45, 2.75) is 37.7 Å². The Morgan fingerprint density at radius 1 is 1.00 bits per heavy atom. The van der Waals surface area contributed by atoms with Crippen molar-refractivity contribution in [2.75, 3.05) is 0 Å². The first-order chi connectivity index (χ1) is 17.2. The number of benzene rings is 3. The molecule has 0 spiro atoms. The molecule has 0 saturated heterocycles. The van der Waals surface area contributed by atoms with Crippen LogP contribution < -0.4 is 0 Å². The van der Waals surface area contributed by atoms with E-state index < -0.39 is 16.6 Å². The average Bonchev–Trinajstić information content (AvgIpc) is 3.23. The highest BCUT2D eigenvalue weighted by atomic mass is 35.5. The first-order valence-electron chi connectivity index (χ1n) is 11.6. The van der Waals surface area contributed by atoms with Crippen LogP contribution >= 0.6 is 11.6 Å². The van der Waals surface area contributed by atoms with E-state index in [0.717, 1.165) is 27.8 Å². The van der Waals surface area contributed by atoms with Crippen LogP contribution in [0.3, 0.4) is 0 Å². The van der Waals surface area contributed by atoms with Gasteiger partial charge in [-0.05, 0) is 68.3 Å². The second-order valence-electron chi connectivity index (χ2n) is 9.31. The van der Waals surface area contributed by atoms with E-state index in [1.807, 2.05) is 79.7 Å². The van der Waals surface area contributed by atoms with E-state index in [1.54, 1.807) is 30.1 Å². The molecule has 0 aliphatic carbocycles. The standard InChI is InChI=1S/C29H26ClN3O2S/c1-19-11-13-22(14-12-19)36(35)33-26-10-6-8-23(25-18-21(15-16-31-25)29(2,3)34)28(26)32-27(33)17-20-7-4-5-9-24(20)30/h4-16,18,34H,17H2,1-3H3. The van der Waals surface area contributed by atoms with Crippen molar-refractivity contribution in [2.24, 2.45) is 0 Å². The van der Waals surface area contributed by atoms with Crippen LogP contribution in [0, 0.1) is 6.92 Å². The first-order valence-corrected chi connectivity index (χ1v) is 13.1. The summed E-state index contributed by atoms with van der Waals surface area (Å²) in [6.07, 6.45) is 2.11. The van der Waals surface area contributed by atoms with E-state index in [0.29, 0.717) is 33.4 Å². The molecule has 0 saturated carbocycles. The molecule has 5 aromatic rings. The van der Waals surface area contributed by atoms with Gasteiger partial charge in [0.2, 0.25) is 0 Å². The van der Waals surface area contributed by atoms with Crippen molar-refractivity contribution in [1.29, 1.82) is 0 Å². The number of para-hydroxylation sites is 1. The predicted molar refractivity (Wildman–Crippen MR) is 145 cm³/mol. The summed E-state index contributed by atoms with van der Waals surface area (Å²) in [6, 6.07) is 24.8. The Morgan fingerprint density at radius 2 is 1.75 bits per heavy atom. The number of imidazole rings is 1. The Balaban J connectivity index is 1.72. The molecule has 7 heteroatoms. The van der Waals surface area contributed by atoms with Gasteiger partial charge in [-0.3, -0.25) is 4.98 Å². The van der Waals surface area contributed by atoms with Crippen LogP contribution in [0.2, 0.25) is 5.02 Å². The van der Waals surface area contributed by atoms with E-state index >= 15 is 0 Å². The van der Waals surface area contributed by atoms with Crippen LogP contribution in [0.1, 0.15) is 36.4 Å². The van der Waals surface area contributed by atoms with Gasteiger partial charge in [-0.15, -0.1) is 0 Å². The van der Waals surface area contributed by atoms with Crippen LogP contribution in [-0.4, -0.2) is 23.3 Å². The summed E-state index contributed by atoms with van der Waals surface area (Å²) in [5.74, 6) is 0.642. The minimum Gasteiger partial charge on any atom is -0.386 e. The number of nitrogens with zero attached hydrogens (tertiary/aromatic N) is 3. The number of aryl methyl sites for hydroxylation is 1. The summed E-state index contributed by atoms with van der Waals surface area (Å²) >= 11 is 6.48. The summed E-state index contributed by atoms with van der Waals surface area (Å²) in [5, 5.41) is 11.2. The molecule has 0 fully saturated rings. The molecule has 5 nitrogen and oxygen atoms in total. The summed E-state index contributed by atoms with van der Waals surface area (Å²) in [6.45, 7) is 5.49. The van der Waals surface area contributed by atoms with E-state index in [-0.39, 0.29) is 0 Å². The number of hydrogen-bond acceptors (Lipinski definition) is 4. The number of pyridine rings is 1. The van der Waals surface area contributed by atoms with Gasteiger partial charge in [0.05, 0.1) is 27.2 Å². The highest BCUT2D eigenvalue weighted by molar-refractivity contribution is 7.83. The van der Waals surface area contributed by atoms with Crippen molar-refractivity contribution >= 4 is 33.6 Å². The molecule has 0 amide bonds. The Hall–Kier alpha value is -3.32. The molecule has 3 aromatic carbocycles.